The van der Waals surface area contributed by atoms with Gasteiger partial charge in [-0.3, -0.25) is 4.79 Å². The number of hydrogen-bond donors (Lipinski definition) is 1. The molecule has 0 saturated carbocycles. The van der Waals surface area contributed by atoms with Crippen LogP contribution in [0.2, 0.25) is 0 Å². The highest BCUT2D eigenvalue weighted by atomic mass is 32.2. The van der Waals surface area contributed by atoms with E-state index in [9.17, 15) is 13.2 Å². The van der Waals surface area contributed by atoms with Crippen molar-refractivity contribution in [3.63, 3.8) is 0 Å². The number of carbonyl (C=O) groups is 1. The largest absolute Gasteiger partial charge is 0.487 e. The van der Waals surface area contributed by atoms with Crippen LogP contribution in [0.5, 0.6) is 5.75 Å². The van der Waals surface area contributed by atoms with Crippen LogP contribution in [0.1, 0.15) is 61.2 Å². The Morgan fingerprint density at radius 1 is 1.00 bits per heavy atom. The second-order valence-corrected chi connectivity index (χ2v) is 11.9. The van der Waals surface area contributed by atoms with Gasteiger partial charge in [0, 0.05) is 12.0 Å². The number of fused-ring (bicyclic) bond motifs is 1. The third-order valence-corrected chi connectivity index (χ3v) is 7.63. The van der Waals surface area contributed by atoms with Gasteiger partial charge < -0.3 is 4.74 Å². The van der Waals surface area contributed by atoms with E-state index in [0.717, 1.165) is 36.1 Å². The SMILES string of the molecule is CC(C)(C)c1ccc(S(=O)(=O)NC(=O)c2ccc3c(c2)CC[C@@](C)(Cc2ccccc2)O3)cc1. The minimum absolute atomic E-state index is 0.0619. The molecule has 6 heteroatoms. The Hall–Kier alpha value is -3.12. The lowest BCUT2D eigenvalue weighted by Gasteiger charge is -2.36. The van der Waals surface area contributed by atoms with Crippen LogP contribution in [0.25, 0.3) is 0 Å². The van der Waals surface area contributed by atoms with E-state index in [1.165, 1.54) is 17.7 Å². The van der Waals surface area contributed by atoms with E-state index < -0.39 is 15.9 Å². The van der Waals surface area contributed by atoms with Gasteiger partial charge in [-0.15, -0.1) is 0 Å². The highest BCUT2D eigenvalue weighted by Gasteiger charge is 2.32. The summed E-state index contributed by atoms with van der Waals surface area (Å²) in [5.41, 5.74) is 3.01. The number of sulfonamides is 1. The monoisotopic (exact) mass is 477 g/mol. The smallest absolute Gasteiger partial charge is 0.265 e. The molecular formula is C28H31NO4S. The molecule has 5 nitrogen and oxygen atoms in total. The molecule has 1 amide bonds. The van der Waals surface area contributed by atoms with Gasteiger partial charge in [0.25, 0.3) is 15.9 Å². The maximum absolute atomic E-state index is 12.8. The first-order valence-corrected chi connectivity index (χ1v) is 13.0. The standard InChI is InChI=1S/C28H31NO4S/c1-27(2,3)23-11-13-24(14-12-23)34(31,32)29-26(30)22-10-15-25-21(18-22)16-17-28(4,33-25)19-20-8-6-5-7-9-20/h5-15,18H,16-17,19H2,1-4H3,(H,29,30)/t28-/m0/s1. The molecule has 1 aliphatic heterocycles. The lowest BCUT2D eigenvalue weighted by molar-refractivity contribution is 0.0654. The van der Waals surface area contributed by atoms with Crippen molar-refractivity contribution in [2.75, 3.05) is 0 Å². The van der Waals surface area contributed by atoms with E-state index in [2.05, 4.69) is 44.5 Å². The van der Waals surface area contributed by atoms with E-state index in [-0.39, 0.29) is 15.9 Å². The molecule has 0 radical (unpaired) electrons. The van der Waals surface area contributed by atoms with Crippen LogP contribution in [0.4, 0.5) is 0 Å². The van der Waals surface area contributed by atoms with Gasteiger partial charge in [-0.25, -0.2) is 13.1 Å². The molecule has 0 fully saturated rings. The van der Waals surface area contributed by atoms with E-state index in [1.807, 2.05) is 18.2 Å². The van der Waals surface area contributed by atoms with Gasteiger partial charge >= 0.3 is 0 Å². The topological polar surface area (TPSA) is 72.5 Å². The van der Waals surface area contributed by atoms with E-state index >= 15 is 0 Å². The molecule has 0 aromatic heterocycles. The summed E-state index contributed by atoms with van der Waals surface area (Å²) in [6, 6.07) is 21.9. The van der Waals surface area contributed by atoms with Crippen LogP contribution in [0, 0.1) is 0 Å². The quantitative estimate of drug-likeness (QED) is 0.532. The van der Waals surface area contributed by atoms with E-state index in [0.29, 0.717) is 5.56 Å². The Labute approximate surface area is 202 Å². The first-order valence-electron chi connectivity index (χ1n) is 11.5. The van der Waals surface area contributed by atoms with Crippen molar-refractivity contribution in [2.24, 2.45) is 0 Å². The molecule has 0 aliphatic carbocycles. The van der Waals surface area contributed by atoms with Crippen LogP contribution in [-0.2, 0) is 28.3 Å². The number of amides is 1. The predicted octanol–water partition coefficient (Wildman–Crippen LogP) is 5.43. The van der Waals surface area contributed by atoms with Crippen LogP contribution < -0.4 is 9.46 Å². The van der Waals surface area contributed by atoms with Crippen LogP contribution in [0.15, 0.2) is 77.7 Å². The van der Waals surface area contributed by atoms with Crippen molar-refractivity contribution in [3.05, 3.63) is 95.1 Å². The Morgan fingerprint density at radius 2 is 1.68 bits per heavy atom. The number of benzene rings is 3. The van der Waals surface area contributed by atoms with Crippen molar-refractivity contribution in [3.8, 4) is 5.75 Å². The van der Waals surface area contributed by atoms with Gasteiger partial charge in [-0.2, -0.15) is 0 Å². The minimum Gasteiger partial charge on any atom is -0.487 e. The zero-order valence-electron chi connectivity index (χ0n) is 20.1. The van der Waals surface area contributed by atoms with E-state index in [4.69, 9.17) is 4.74 Å². The second-order valence-electron chi connectivity index (χ2n) is 10.2. The minimum atomic E-state index is -3.98. The van der Waals surface area contributed by atoms with Crippen molar-refractivity contribution in [2.45, 2.75) is 62.9 Å². The second kappa shape index (κ2) is 8.91. The summed E-state index contributed by atoms with van der Waals surface area (Å²) in [4.78, 5) is 12.8. The molecule has 34 heavy (non-hydrogen) atoms. The molecule has 3 aromatic rings. The van der Waals surface area contributed by atoms with Crippen LogP contribution in [0.3, 0.4) is 0 Å². The number of aryl methyl sites for hydroxylation is 1. The molecule has 1 aliphatic rings. The van der Waals surface area contributed by atoms with Crippen molar-refractivity contribution in [1.82, 2.24) is 4.72 Å². The first kappa shape index (κ1) is 24.0. The number of nitrogens with one attached hydrogen (secondary N) is 1. The zero-order chi connectivity index (χ0) is 24.6. The van der Waals surface area contributed by atoms with E-state index in [1.54, 1.807) is 30.3 Å². The summed E-state index contributed by atoms with van der Waals surface area (Å²) in [6.07, 6.45) is 2.35. The number of hydrogen-bond acceptors (Lipinski definition) is 4. The summed E-state index contributed by atoms with van der Waals surface area (Å²) in [7, 11) is -3.98. The molecular weight excluding hydrogens is 446 g/mol. The molecule has 4 rings (SSSR count). The zero-order valence-corrected chi connectivity index (χ0v) is 20.9. The normalized spacial score (nSPS) is 18.0. The third-order valence-electron chi connectivity index (χ3n) is 6.28. The average Bonchev–Trinajstić information content (AvgIpc) is 2.78. The Morgan fingerprint density at radius 3 is 2.32 bits per heavy atom. The molecule has 0 bridgehead atoms. The maximum Gasteiger partial charge on any atom is 0.265 e. The van der Waals surface area contributed by atoms with Gasteiger partial charge in [-0.1, -0.05) is 63.2 Å². The fraction of sp³-hybridized carbons (Fsp3) is 0.321. The van der Waals surface area contributed by atoms with Crippen LogP contribution >= 0.6 is 0 Å². The van der Waals surface area contributed by atoms with Crippen molar-refractivity contribution >= 4 is 15.9 Å². The van der Waals surface area contributed by atoms with Gasteiger partial charge in [-0.05, 0) is 72.2 Å². The number of rotatable bonds is 5. The summed E-state index contributed by atoms with van der Waals surface area (Å²) in [5, 5.41) is 0. The van der Waals surface area contributed by atoms with Crippen molar-refractivity contribution < 1.29 is 17.9 Å². The summed E-state index contributed by atoms with van der Waals surface area (Å²) >= 11 is 0. The fourth-order valence-electron chi connectivity index (χ4n) is 4.26. The van der Waals surface area contributed by atoms with Gasteiger partial charge in [0.2, 0.25) is 0 Å². The average molecular weight is 478 g/mol. The Kier molecular flexibility index (Phi) is 6.30. The fourth-order valence-corrected chi connectivity index (χ4v) is 5.23. The molecule has 1 atom stereocenters. The van der Waals surface area contributed by atoms with Crippen molar-refractivity contribution in [1.29, 1.82) is 0 Å². The molecule has 1 N–H and O–H groups in total. The summed E-state index contributed by atoms with van der Waals surface area (Å²) in [6.45, 7) is 8.27. The molecule has 3 aromatic carbocycles. The van der Waals surface area contributed by atoms with Gasteiger partial charge in [0.1, 0.15) is 11.4 Å². The summed E-state index contributed by atoms with van der Waals surface area (Å²) < 4.78 is 34.0. The van der Waals surface area contributed by atoms with Gasteiger partial charge in [0.05, 0.1) is 4.90 Å². The number of carbonyl (C=O) groups excluding carboxylic acids is 1. The van der Waals surface area contributed by atoms with Crippen LogP contribution in [-0.4, -0.2) is 19.9 Å². The molecule has 178 valence electrons. The van der Waals surface area contributed by atoms with Gasteiger partial charge in [0.15, 0.2) is 0 Å². The first-order chi connectivity index (χ1) is 16.0. The molecule has 0 unspecified atom stereocenters. The highest BCUT2D eigenvalue weighted by molar-refractivity contribution is 7.90. The molecule has 0 saturated heterocycles. The highest BCUT2D eigenvalue weighted by Crippen LogP contribution is 2.35. The summed E-state index contributed by atoms with van der Waals surface area (Å²) in [5.74, 6) is 0.0853. The Balaban J connectivity index is 1.47. The predicted molar refractivity (Wildman–Crippen MR) is 134 cm³/mol. The number of ether oxygens (including phenoxy) is 1. The molecule has 0 spiro atoms. The third kappa shape index (κ3) is 5.33. The lowest BCUT2D eigenvalue weighted by Crippen LogP contribution is -2.38. The lowest BCUT2D eigenvalue weighted by atomic mass is 9.87. The molecule has 1 heterocycles. The maximum atomic E-state index is 12.8. The Bertz CT molecular complexity index is 1290.